The van der Waals surface area contributed by atoms with Crippen LogP contribution in [0, 0.1) is 0 Å². The normalized spacial score (nSPS) is 15.4. The van der Waals surface area contributed by atoms with Gasteiger partial charge in [-0.2, -0.15) is 13.2 Å². The molecule has 0 spiro atoms. The highest BCUT2D eigenvalue weighted by Crippen LogP contribution is 2.29. The lowest BCUT2D eigenvalue weighted by Gasteiger charge is -2.21. The number of halogens is 3. The van der Waals surface area contributed by atoms with Gasteiger partial charge in [0.1, 0.15) is 0 Å². The third-order valence-corrected chi connectivity index (χ3v) is 2.87. The summed E-state index contributed by atoms with van der Waals surface area (Å²) in [7, 11) is 0. The largest absolute Gasteiger partial charge is 0.389 e. The first-order valence-electron chi connectivity index (χ1n) is 5.48. The molecule has 1 aliphatic heterocycles. The van der Waals surface area contributed by atoms with Gasteiger partial charge in [0.05, 0.1) is 0 Å². The molecule has 0 aromatic heterocycles. The average Bonchev–Trinajstić information content (AvgIpc) is 2.25. The molecule has 1 nitrogen and oxygen atoms in total. The molecule has 1 heterocycles. The van der Waals surface area contributed by atoms with Crippen molar-refractivity contribution in [2.75, 3.05) is 11.9 Å². The van der Waals surface area contributed by atoms with Crippen molar-refractivity contribution < 1.29 is 13.2 Å². The number of hydrogen-bond donors (Lipinski definition) is 1. The summed E-state index contributed by atoms with van der Waals surface area (Å²) >= 11 is 0. The van der Waals surface area contributed by atoms with Gasteiger partial charge in [-0.05, 0) is 36.5 Å². The van der Waals surface area contributed by atoms with Crippen LogP contribution in [0.2, 0.25) is 0 Å². The summed E-state index contributed by atoms with van der Waals surface area (Å²) in [5.41, 5.74) is 2.91. The van der Waals surface area contributed by atoms with Crippen LogP contribution in [-0.4, -0.2) is 12.7 Å². The monoisotopic (exact) mass is 229 g/mol. The smallest absolute Gasteiger partial charge is 0.385 e. The van der Waals surface area contributed by atoms with Gasteiger partial charge in [0, 0.05) is 18.7 Å². The van der Waals surface area contributed by atoms with E-state index < -0.39 is 12.6 Å². The molecular weight excluding hydrogens is 215 g/mol. The Morgan fingerprint density at radius 2 is 2.06 bits per heavy atom. The molecule has 88 valence electrons. The minimum absolute atomic E-state index is 0.0916. The fraction of sp³-hybridized carbons (Fsp3) is 0.500. The van der Waals surface area contributed by atoms with Gasteiger partial charge in [0.25, 0.3) is 0 Å². The van der Waals surface area contributed by atoms with E-state index in [0.717, 1.165) is 36.2 Å². The summed E-state index contributed by atoms with van der Waals surface area (Å²) in [6, 6.07) is 5.56. The molecule has 0 unspecified atom stereocenters. The van der Waals surface area contributed by atoms with Crippen LogP contribution in [0.4, 0.5) is 18.9 Å². The van der Waals surface area contributed by atoms with Crippen LogP contribution in [0.5, 0.6) is 0 Å². The number of benzene rings is 1. The fourth-order valence-corrected chi connectivity index (χ4v) is 2.09. The van der Waals surface area contributed by atoms with Crippen molar-refractivity contribution in [1.29, 1.82) is 0 Å². The second-order valence-corrected chi connectivity index (χ2v) is 4.09. The van der Waals surface area contributed by atoms with Crippen LogP contribution >= 0.6 is 0 Å². The Balaban J connectivity index is 2.15. The molecule has 1 N–H and O–H groups in total. The van der Waals surface area contributed by atoms with Crippen LogP contribution in [0.25, 0.3) is 0 Å². The van der Waals surface area contributed by atoms with Crippen molar-refractivity contribution in [2.24, 2.45) is 0 Å². The summed E-state index contributed by atoms with van der Waals surface area (Å²) in [4.78, 5) is 0. The summed E-state index contributed by atoms with van der Waals surface area (Å²) < 4.78 is 36.5. The number of aryl methyl sites for hydroxylation is 1. The molecule has 16 heavy (non-hydrogen) atoms. The van der Waals surface area contributed by atoms with Gasteiger partial charge in [-0.25, -0.2) is 0 Å². The lowest BCUT2D eigenvalue weighted by Crippen LogP contribution is -2.15. The molecule has 0 saturated carbocycles. The molecule has 0 atom stereocenters. The van der Waals surface area contributed by atoms with E-state index in [0.29, 0.717) is 0 Å². The van der Waals surface area contributed by atoms with Gasteiger partial charge in [0.2, 0.25) is 0 Å². The van der Waals surface area contributed by atoms with Gasteiger partial charge < -0.3 is 5.32 Å². The van der Waals surface area contributed by atoms with Crippen LogP contribution < -0.4 is 5.32 Å². The molecule has 0 aliphatic carbocycles. The number of alkyl halides is 3. The number of hydrogen-bond acceptors (Lipinski definition) is 1. The quantitative estimate of drug-likeness (QED) is 0.817. The van der Waals surface area contributed by atoms with Gasteiger partial charge >= 0.3 is 6.18 Å². The van der Waals surface area contributed by atoms with E-state index in [1.54, 1.807) is 6.07 Å². The van der Waals surface area contributed by atoms with E-state index >= 15 is 0 Å². The van der Waals surface area contributed by atoms with E-state index in [1.165, 1.54) is 0 Å². The van der Waals surface area contributed by atoms with Crippen molar-refractivity contribution in [2.45, 2.75) is 31.9 Å². The molecule has 0 saturated heterocycles. The second kappa shape index (κ2) is 4.36. The lowest BCUT2D eigenvalue weighted by molar-refractivity contribution is -0.134. The predicted octanol–water partition coefficient (Wildman–Crippen LogP) is 3.54. The zero-order valence-corrected chi connectivity index (χ0v) is 8.90. The maximum atomic E-state index is 12.2. The number of rotatable bonds is 2. The Hall–Kier alpha value is -1.19. The average molecular weight is 229 g/mol. The van der Waals surface area contributed by atoms with E-state index in [9.17, 15) is 13.2 Å². The van der Waals surface area contributed by atoms with Crippen molar-refractivity contribution >= 4 is 5.69 Å². The zero-order chi connectivity index (χ0) is 11.6. The lowest BCUT2D eigenvalue weighted by atomic mass is 9.95. The minimum Gasteiger partial charge on any atom is -0.385 e. The van der Waals surface area contributed by atoms with E-state index in [1.807, 2.05) is 12.1 Å². The number of anilines is 1. The Labute approximate surface area is 92.7 Å². The Kier molecular flexibility index (Phi) is 3.08. The van der Waals surface area contributed by atoms with E-state index in [-0.39, 0.29) is 6.42 Å². The van der Waals surface area contributed by atoms with Crippen molar-refractivity contribution in [1.82, 2.24) is 0 Å². The summed E-state index contributed by atoms with van der Waals surface area (Å²) in [6.07, 6.45) is -2.82. The van der Waals surface area contributed by atoms with Crippen LogP contribution in [-0.2, 0) is 12.8 Å². The van der Waals surface area contributed by atoms with Gasteiger partial charge in [-0.3, -0.25) is 0 Å². The molecule has 1 aromatic rings. The fourth-order valence-electron chi connectivity index (χ4n) is 2.09. The number of fused-ring (bicyclic) bond motifs is 1. The molecule has 2 rings (SSSR count). The van der Waals surface area contributed by atoms with Crippen LogP contribution in [0.15, 0.2) is 18.2 Å². The van der Waals surface area contributed by atoms with Crippen molar-refractivity contribution in [3.63, 3.8) is 0 Å². The first-order chi connectivity index (χ1) is 7.56. The molecule has 1 aliphatic rings. The Morgan fingerprint density at radius 1 is 1.25 bits per heavy atom. The molecule has 4 heteroatoms. The van der Waals surface area contributed by atoms with E-state index in [2.05, 4.69) is 5.32 Å². The predicted molar refractivity (Wildman–Crippen MR) is 57.6 cm³/mol. The van der Waals surface area contributed by atoms with Crippen LogP contribution in [0.3, 0.4) is 0 Å². The standard InChI is InChI=1S/C12H14F3N/c13-12(14,15)7-6-9-3-1-5-11-10(9)4-2-8-16-11/h1,3,5,16H,2,4,6-8H2. The second-order valence-electron chi connectivity index (χ2n) is 4.09. The third kappa shape index (κ3) is 2.68. The van der Waals surface area contributed by atoms with Gasteiger partial charge in [-0.15, -0.1) is 0 Å². The molecule has 1 aromatic carbocycles. The summed E-state index contributed by atoms with van der Waals surface area (Å²) in [6.45, 7) is 0.912. The Morgan fingerprint density at radius 3 is 2.81 bits per heavy atom. The first-order valence-corrected chi connectivity index (χ1v) is 5.48. The highest BCUT2D eigenvalue weighted by molar-refractivity contribution is 5.56. The van der Waals surface area contributed by atoms with Gasteiger partial charge in [-0.1, -0.05) is 12.1 Å². The zero-order valence-electron chi connectivity index (χ0n) is 8.90. The van der Waals surface area contributed by atoms with E-state index in [4.69, 9.17) is 0 Å². The maximum Gasteiger partial charge on any atom is 0.389 e. The topological polar surface area (TPSA) is 12.0 Å². The Bertz CT molecular complexity index is 371. The minimum atomic E-state index is -4.06. The van der Waals surface area contributed by atoms with Crippen molar-refractivity contribution in [3.8, 4) is 0 Å². The molecule has 0 amide bonds. The highest BCUT2D eigenvalue weighted by atomic mass is 19.4. The highest BCUT2D eigenvalue weighted by Gasteiger charge is 2.27. The maximum absolute atomic E-state index is 12.2. The van der Waals surface area contributed by atoms with Crippen molar-refractivity contribution in [3.05, 3.63) is 29.3 Å². The van der Waals surface area contributed by atoms with Crippen LogP contribution in [0.1, 0.15) is 24.0 Å². The summed E-state index contributed by atoms with van der Waals surface area (Å²) in [5.74, 6) is 0. The molecule has 0 radical (unpaired) electrons. The molecule has 0 bridgehead atoms. The summed E-state index contributed by atoms with van der Waals surface area (Å²) in [5, 5.41) is 3.22. The molecular formula is C12H14F3N. The molecule has 0 fully saturated rings. The SMILES string of the molecule is FC(F)(F)CCc1cccc2c1CCCN2. The third-order valence-electron chi connectivity index (χ3n) is 2.87. The first kappa shape index (κ1) is 11.3. The van der Waals surface area contributed by atoms with Gasteiger partial charge in [0.15, 0.2) is 0 Å². The number of nitrogens with one attached hydrogen (secondary N) is 1.